The van der Waals surface area contributed by atoms with Gasteiger partial charge in [0.2, 0.25) is 11.1 Å². The Bertz CT molecular complexity index is 796. The average molecular weight is 416 g/mol. The summed E-state index contributed by atoms with van der Waals surface area (Å²) >= 11 is 1.34. The van der Waals surface area contributed by atoms with E-state index in [1.807, 2.05) is 6.92 Å². The summed E-state index contributed by atoms with van der Waals surface area (Å²) < 4.78 is 1.57. The molecule has 1 fully saturated rings. The maximum Gasteiger partial charge on any atom is 0.230 e. The zero-order valence-electron chi connectivity index (χ0n) is 17.7. The first-order valence-corrected chi connectivity index (χ1v) is 11.6. The van der Waals surface area contributed by atoms with Gasteiger partial charge in [-0.15, -0.1) is 10.2 Å². The highest BCUT2D eigenvalue weighted by molar-refractivity contribution is 7.99. The van der Waals surface area contributed by atoms with Crippen LogP contribution in [0, 0.1) is 5.92 Å². The van der Waals surface area contributed by atoms with Gasteiger partial charge in [-0.25, -0.2) is 4.68 Å². The van der Waals surface area contributed by atoms with Crippen molar-refractivity contribution in [2.75, 3.05) is 11.6 Å². The molecule has 29 heavy (non-hydrogen) atoms. The normalized spacial score (nSPS) is 16.1. The van der Waals surface area contributed by atoms with Gasteiger partial charge in [0.1, 0.15) is 0 Å². The number of nitrogens with zero attached hydrogens (tertiary/aromatic N) is 3. The van der Waals surface area contributed by atoms with Gasteiger partial charge in [-0.2, -0.15) is 0 Å². The number of hydrogen-bond donors (Lipinski definition) is 2. The highest BCUT2D eigenvalue weighted by Crippen LogP contribution is 2.32. The molecule has 0 radical (unpaired) electrons. The molecule has 1 aromatic heterocycles. The minimum atomic E-state index is -0.0373. The lowest BCUT2D eigenvalue weighted by Crippen LogP contribution is -2.28. The van der Waals surface area contributed by atoms with Crippen LogP contribution < -0.4 is 11.2 Å². The van der Waals surface area contributed by atoms with Gasteiger partial charge in [-0.3, -0.25) is 4.79 Å². The first-order valence-electron chi connectivity index (χ1n) is 10.7. The van der Waals surface area contributed by atoms with Crippen molar-refractivity contribution < 1.29 is 4.79 Å². The Morgan fingerprint density at radius 1 is 1.17 bits per heavy atom. The van der Waals surface area contributed by atoms with Gasteiger partial charge >= 0.3 is 0 Å². The predicted octanol–water partition coefficient (Wildman–Crippen LogP) is 4.21. The lowest BCUT2D eigenvalue weighted by molar-refractivity contribution is -0.119. The zero-order chi connectivity index (χ0) is 20.8. The molecule has 158 valence electrons. The second kappa shape index (κ2) is 10.1. The minimum absolute atomic E-state index is 0.0315. The number of nitrogens with one attached hydrogen (secondary N) is 1. The molecule has 1 saturated carbocycles. The largest absolute Gasteiger partial charge is 0.349 e. The third-order valence-corrected chi connectivity index (χ3v) is 6.44. The molecule has 3 rings (SSSR count). The predicted molar refractivity (Wildman–Crippen MR) is 118 cm³/mol. The minimum Gasteiger partial charge on any atom is -0.349 e. The van der Waals surface area contributed by atoms with Crippen molar-refractivity contribution >= 4 is 17.7 Å². The molecule has 1 aliphatic carbocycles. The van der Waals surface area contributed by atoms with E-state index >= 15 is 0 Å². The van der Waals surface area contributed by atoms with Crippen LogP contribution in [-0.4, -0.2) is 26.5 Å². The third-order valence-electron chi connectivity index (χ3n) is 5.49. The standard InChI is InChI=1S/C22H33N5OS/c1-15(2)13-17-9-11-18(12-10-17)16(3)24-20(28)14-29-22-26-25-21(27(22)23)19-7-5-4-6-8-19/h9-12,15-16,19H,4-8,13-14,23H2,1-3H3,(H,24,28). The van der Waals surface area contributed by atoms with Crippen molar-refractivity contribution in [1.29, 1.82) is 0 Å². The molecule has 1 aromatic carbocycles. The van der Waals surface area contributed by atoms with Crippen LogP contribution in [0.1, 0.15) is 81.8 Å². The van der Waals surface area contributed by atoms with Crippen molar-refractivity contribution in [1.82, 2.24) is 20.2 Å². The number of nitrogens with two attached hydrogens (primary N) is 1. The van der Waals surface area contributed by atoms with Crippen LogP contribution in [0.5, 0.6) is 0 Å². The van der Waals surface area contributed by atoms with Crippen molar-refractivity contribution in [3.05, 3.63) is 41.2 Å². The Balaban J connectivity index is 1.50. The third kappa shape index (κ3) is 5.98. The van der Waals surface area contributed by atoms with E-state index in [4.69, 9.17) is 5.84 Å². The summed E-state index contributed by atoms with van der Waals surface area (Å²) in [6.07, 6.45) is 7.04. The van der Waals surface area contributed by atoms with Crippen molar-refractivity contribution in [3.63, 3.8) is 0 Å². The van der Waals surface area contributed by atoms with Gasteiger partial charge < -0.3 is 11.2 Å². The Kier molecular flexibility index (Phi) is 7.58. The van der Waals surface area contributed by atoms with Gasteiger partial charge in [0.25, 0.3) is 0 Å². The molecule has 1 unspecified atom stereocenters. The summed E-state index contributed by atoms with van der Waals surface area (Å²) in [7, 11) is 0. The fourth-order valence-electron chi connectivity index (χ4n) is 3.94. The number of benzene rings is 1. The molecular weight excluding hydrogens is 382 g/mol. The summed E-state index contributed by atoms with van der Waals surface area (Å²) in [6, 6.07) is 8.46. The highest BCUT2D eigenvalue weighted by Gasteiger charge is 2.23. The summed E-state index contributed by atoms with van der Waals surface area (Å²) in [5, 5.41) is 12.2. The van der Waals surface area contributed by atoms with Crippen molar-refractivity contribution in [2.45, 2.75) is 76.4 Å². The monoisotopic (exact) mass is 415 g/mol. The van der Waals surface area contributed by atoms with Crippen LogP contribution in [0.3, 0.4) is 0 Å². The van der Waals surface area contributed by atoms with Crippen LogP contribution in [0.2, 0.25) is 0 Å². The van der Waals surface area contributed by atoms with Gasteiger partial charge in [0, 0.05) is 5.92 Å². The zero-order valence-corrected chi connectivity index (χ0v) is 18.5. The molecular formula is C22H33N5OS. The van der Waals surface area contributed by atoms with E-state index in [0.29, 0.717) is 17.0 Å². The van der Waals surface area contributed by atoms with Gasteiger partial charge in [0.05, 0.1) is 11.8 Å². The summed E-state index contributed by atoms with van der Waals surface area (Å²) in [4.78, 5) is 12.4. The van der Waals surface area contributed by atoms with E-state index in [1.165, 1.54) is 36.6 Å². The quantitative estimate of drug-likeness (QED) is 0.498. The number of thioether (sulfide) groups is 1. The molecule has 6 nitrogen and oxygen atoms in total. The van der Waals surface area contributed by atoms with Gasteiger partial charge in [-0.05, 0) is 43.2 Å². The number of carbonyl (C=O) groups excluding carboxylic acids is 1. The van der Waals surface area contributed by atoms with Gasteiger partial charge in [0.15, 0.2) is 5.82 Å². The molecule has 1 aliphatic rings. The van der Waals surface area contributed by atoms with E-state index in [0.717, 1.165) is 30.7 Å². The second-order valence-electron chi connectivity index (χ2n) is 8.46. The van der Waals surface area contributed by atoms with Crippen molar-refractivity contribution in [3.8, 4) is 0 Å². The van der Waals surface area contributed by atoms with Crippen LogP contribution in [0.15, 0.2) is 29.4 Å². The smallest absolute Gasteiger partial charge is 0.230 e. The molecule has 1 atom stereocenters. The molecule has 2 aromatic rings. The second-order valence-corrected chi connectivity index (χ2v) is 9.41. The number of aromatic nitrogens is 3. The van der Waals surface area contributed by atoms with Crippen LogP contribution in [-0.2, 0) is 11.2 Å². The first-order chi connectivity index (χ1) is 13.9. The molecule has 1 heterocycles. The summed E-state index contributed by atoms with van der Waals surface area (Å²) in [5.41, 5.74) is 2.44. The maximum atomic E-state index is 12.4. The molecule has 0 spiro atoms. The van der Waals surface area contributed by atoms with Crippen molar-refractivity contribution in [2.24, 2.45) is 5.92 Å². The topological polar surface area (TPSA) is 85.8 Å². The molecule has 0 bridgehead atoms. The van der Waals surface area contributed by atoms with E-state index < -0.39 is 0 Å². The molecule has 3 N–H and O–H groups in total. The molecule has 7 heteroatoms. The SMILES string of the molecule is CC(C)Cc1ccc(C(C)NC(=O)CSc2nnc(C3CCCCC3)n2N)cc1. The fraction of sp³-hybridized carbons (Fsp3) is 0.591. The van der Waals surface area contributed by atoms with E-state index in [9.17, 15) is 4.79 Å². The van der Waals surface area contributed by atoms with Crippen LogP contribution in [0.25, 0.3) is 0 Å². The Labute approximate surface area is 178 Å². The number of nitrogen functional groups attached to an aromatic ring is 1. The van der Waals surface area contributed by atoms with E-state index in [1.54, 1.807) is 4.68 Å². The van der Waals surface area contributed by atoms with E-state index in [-0.39, 0.29) is 17.7 Å². The lowest BCUT2D eigenvalue weighted by atomic mass is 9.89. The van der Waals surface area contributed by atoms with Crippen LogP contribution >= 0.6 is 11.8 Å². The first kappa shape index (κ1) is 21.7. The lowest BCUT2D eigenvalue weighted by Gasteiger charge is -2.20. The number of carbonyl (C=O) groups is 1. The Morgan fingerprint density at radius 2 is 1.86 bits per heavy atom. The van der Waals surface area contributed by atoms with Crippen LogP contribution in [0.4, 0.5) is 0 Å². The fourth-order valence-corrected chi connectivity index (χ4v) is 4.61. The molecule has 0 aliphatic heterocycles. The van der Waals surface area contributed by atoms with Gasteiger partial charge in [-0.1, -0.05) is 69.1 Å². The number of rotatable bonds is 8. The van der Waals surface area contributed by atoms with E-state index in [2.05, 4.69) is 53.6 Å². The summed E-state index contributed by atoms with van der Waals surface area (Å²) in [5.74, 6) is 8.32. The Hall–Kier alpha value is -2.02. The maximum absolute atomic E-state index is 12.4. The highest BCUT2D eigenvalue weighted by atomic mass is 32.2. The Morgan fingerprint density at radius 3 is 2.52 bits per heavy atom. The summed E-state index contributed by atoms with van der Waals surface area (Å²) in [6.45, 7) is 6.44. The number of hydrogen-bond acceptors (Lipinski definition) is 5. The molecule has 1 amide bonds. The number of amides is 1. The molecule has 0 saturated heterocycles. The average Bonchev–Trinajstić information content (AvgIpc) is 3.07.